The number of likely N-dealkylation sites (tertiary alicyclic amines) is 2. The van der Waals surface area contributed by atoms with Crippen LogP contribution in [0.1, 0.15) is 46.8 Å². The normalized spacial score (nSPS) is 19.3. The number of halogens is 1. The number of aromatic nitrogens is 3. The summed E-state index contributed by atoms with van der Waals surface area (Å²) in [5, 5.41) is 11.5. The number of aryl methyl sites for hydroxylation is 1. The highest BCUT2D eigenvalue weighted by Gasteiger charge is 2.42. The van der Waals surface area contributed by atoms with Gasteiger partial charge in [-0.15, -0.1) is 0 Å². The molecule has 244 valence electrons. The Morgan fingerprint density at radius 3 is 2.45 bits per heavy atom. The van der Waals surface area contributed by atoms with Crippen molar-refractivity contribution in [3.8, 4) is 11.6 Å². The van der Waals surface area contributed by atoms with Crippen molar-refractivity contribution in [3.05, 3.63) is 112 Å². The fourth-order valence-corrected chi connectivity index (χ4v) is 6.44. The molecule has 4 heterocycles. The first-order valence-electron chi connectivity index (χ1n) is 15.7. The van der Waals surface area contributed by atoms with Gasteiger partial charge in [0, 0.05) is 44.2 Å². The maximum absolute atomic E-state index is 14.0. The molecule has 2 fully saturated rings. The summed E-state index contributed by atoms with van der Waals surface area (Å²) in [6, 6.07) is 18.6. The molecule has 4 aromatic rings. The summed E-state index contributed by atoms with van der Waals surface area (Å²) in [7, 11) is 0. The van der Waals surface area contributed by atoms with Crippen LogP contribution in [0.2, 0.25) is 0 Å². The highest BCUT2D eigenvalue weighted by Crippen LogP contribution is 2.36. The molecule has 3 N–H and O–H groups in total. The molecule has 0 bridgehead atoms. The lowest BCUT2D eigenvalue weighted by atomic mass is 9.79. The van der Waals surface area contributed by atoms with E-state index in [9.17, 15) is 23.9 Å². The Labute approximate surface area is 271 Å². The summed E-state index contributed by atoms with van der Waals surface area (Å²) in [5.41, 5.74) is 6.30. The van der Waals surface area contributed by atoms with Gasteiger partial charge in [-0.2, -0.15) is 0 Å². The minimum Gasteiger partial charge on any atom is -0.437 e. The van der Waals surface area contributed by atoms with Gasteiger partial charge in [0.1, 0.15) is 23.6 Å². The maximum Gasteiger partial charge on any atom is 0.280 e. The number of carbonyl (C=O) groups is 2. The summed E-state index contributed by atoms with van der Waals surface area (Å²) >= 11 is 0. The van der Waals surface area contributed by atoms with Gasteiger partial charge in [-0.1, -0.05) is 30.3 Å². The fraction of sp³-hybridized carbons (Fsp3) is 0.343. The van der Waals surface area contributed by atoms with Crippen molar-refractivity contribution in [1.82, 2.24) is 24.3 Å². The van der Waals surface area contributed by atoms with Crippen LogP contribution in [0.5, 0.6) is 11.6 Å². The highest BCUT2D eigenvalue weighted by atomic mass is 19.1. The number of hydrogen-bond donors (Lipinski definition) is 2. The van der Waals surface area contributed by atoms with Gasteiger partial charge in [0.25, 0.3) is 11.5 Å². The highest BCUT2D eigenvalue weighted by molar-refractivity contribution is 5.93. The van der Waals surface area contributed by atoms with Crippen LogP contribution in [0.15, 0.2) is 84.0 Å². The van der Waals surface area contributed by atoms with Crippen LogP contribution in [-0.2, 0) is 11.3 Å². The molecule has 6 rings (SSSR count). The first-order valence-corrected chi connectivity index (χ1v) is 15.7. The monoisotopic (exact) mass is 640 g/mol. The van der Waals surface area contributed by atoms with Gasteiger partial charge in [0.15, 0.2) is 5.69 Å². The van der Waals surface area contributed by atoms with Crippen molar-refractivity contribution in [2.75, 3.05) is 31.9 Å². The van der Waals surface area contributed by atoms with Crippen LogP contribution < -0.4 is 16.0 Å². The van der Waals surface area contributed by atoms with E-state index >= 15 is 0 Å². The molecule has 47 heavy (non-hydrogen) atoms. The van der Waals surface area contributed by atoms with Gasteiger partial charge in [0.05, 0.1) is 12.1 Å². The number of nitrogens with two attached hydrogens (primary N) is 1. The summed E-state index contributed by atoms with van der Waals surface area (Å²) in [6.07, 6.45) is 3.91. The van der Waals surface area contributed by atoms with E-state index in [1.165, 1.54) is 35.2 Å². The van der Waals surface area contributed by atoms with Gasteiger partial charge < -0.3 is 25.4 Å². The smallest absolute Gasteiger partial charge is 0.280 e. The zero-order valence-corrected chi connectivity index (χ0v) is 26.1. The van der Waals surface area contributed by atoms with Gasteiger partial charge >= 0.3 is 0 Å². The molecular formula is C35H37FN6O5. The minimum absolute atomic E-state index is 0.00736. The largest absolute Gasteiger partial charge is 0.437 e. The average Bonchev–Trinajstić information content (AvgIpc) is 3.09. The van der Waals surface area contributed by atoms with E-state index in [0.29, 0.717) is 38.3 Å². The molecule has 2 aliphatic rings. The number of aliphatic hydroxyl groups is 1. The second-order valence-corrected chi connectivity index (χ2v) is 12.4. The third kappa shape index (κ3) is 7.02. The van der Waals surface area contributed by atoms with E-state index in [4.69, 9.17) is 10.5 Å². The number of carbonyl (C=O) groups excluding carboxylic acids is 2. The summed E-state index contributed by atoms with van der Waals surface area (Å²) in [5.74, 6) is -0.960. The molecule has 11 nitrogen and oxygen atoms in total. The Kier molecular flexibility index (Phi) is 9.04. The van der Waals surface area contributed by atoms with E-state index in [2.05, 4.69) is 9.97 Å². The van der Waals surface area contributed by atoms with Crippen LogP contribution in [0.3, 0.4) is 0 Å². The van der Waals surface area contributed by atoms with E-state index in [1.54, 1.807) is 22.1 Å². The van der Waals surface area contributed by atoms with Crippen molar-refractivity contribution < 1.29 is 23.8 Å². The minimum atomic E-state index is -1.26. The van der Waals surface area contributed by atoms with Gasteiger partial charge in [-0.05, 0) is 73.7 Å². The first kappa shape index (κ1) is 31.9. The third-order valence-electron chi connectivity index (χ3n) is 9.11. The quantitative estimate of drug-likeness (QED) is 0.311. The first-order chi connectivity index (χ1) is 22.6. The molecule has 0 radical (unpaired) electrons. The lowest BCUT2D eigenvalue weighted by Crippen LogP contribution is -2.53. The molecule has 2 aromatic carbocycles. The van der Waals surface area contributed by atoms with E-state index in [-0.39, 0.29) is 60.4 Å². The molecule has 2 aliphatic heterocycles. The molecule has 2 atom stereocenters. The zero-order valence-electron chi connectivity index (χ0n) is 26.1. The van der Waals surface area contributed by atoms with Gasteiger partial charge in [-0.3, -0.25) is 23.9 Å². The summed E-state index contributed by atoms with van der Waals surface area (Å²) in [6.45, 7) is 3.32. The van der Waals surface area contributed by atoms with Crippen molar-refractivity contribution >= 4 is 17.5 Å². The Bertz CT molecular complexity index is 1810. The fourth-order valence-electron chi connectivity index (χ4n) is 6.44. The number of nitrogen functional groups attached to an aromatic ring is 1. The van der Waals surface area contributed by atoms with Crippen molar-refractivity contribution in [1.29, 1.82) is 0 Å². The second-order valence-electron chi connectivity index (χ2n) is 12.4. The molecule has 0 aliphatic carbocycles. The predicted molar refractivity (Wildman–Crippen MR) is 172 cm³/mol. The molecule has 2 amide bonds. The average molecular weight is 641 g/mol. The lowest BCUT2D eigenvalue weighted by Gasteiger charge is -2.43. The summed E-state index contributed by atoms with van der Waals surface area (Å²) < 4.78 is 20.0. The van der Waals surface area contributed by atoms with Crippen LogP contribution in [0, 0.1) is 18.7 Å². The second kappa shape index (κ2) is 13.3. The van der Waals surface area contributed by atoms with E-state index in [0.717, 1.165) is 11.1 Å². The Morgan fingerprint density at radius 1 is 1.02 bits per heavy atom. The maximum atomic E-state index is 14.0. The van der Waals surface area contributed by atoms with Crippen molar-refractivity contribution in [2.24, 2.45) is 5.92 Å². The van der Waals surface area contributed by atoms with Crippen molar-refractivity contribution in [2.45, 2.75) is 44.2 Å². The van der Waals surface area contributed by atoms with Gasteiger partial charge in [0.2, 0.25) is 11.8 Å². The van der Waals surface area contributed by atoms with E-state index in [1.807, 2.05) is 43.3 Å². The number of nitrogens with zero attached hydrogens (tertiary/aromatic N) is 5. The number of rotatable bonds is 7. The molecular weight excluding hydrogens is 603 g/mol. The lowest BCUT2D eigenvalue weighted by molar-refractivity contribution is -0.142. The van der Waals surface area contributed by atoms with Crippen LogP contribution in [0.25, 0.3) is 0 Å². The Morgan fingerprint density at radius 2 is 1.74 bits per heavy atom. The standard InChI is InChI=1S/C35H37FN6O5/c1-23-11-15-38-29(19-23)33(44)41-16-12-27(28(20-41)24-5-3-2-4-6-24)32(43)40-17-13-35(46,14-18-40)21-42-22-39-31(30(37)34(42)45)47-26-9-7-25(36)8-10-26/h2-11,15,19,22,27-28,46H,12-14,16-18,20-21,37H2,1H3/t27-,28+/m1/s1. The number of pyridine rings is 1. The van der Waals surface area contributed by atoms with Gasteiger partial charge in [-0.25, -0.2) is 9.37 Å². The third-order valence-corrected chi connectivity index (χ3v) is 9.11. The van der Waals surface area contributed by atoms with Crippen LogP contribution in [0.4, 0.5) is 10.1 Å². The number of ether oxygens (including phenoxy) is 1. The molecule has 2 saturated heterocycles. The SMILES string of the molecule is Cc1ccnc(C(=O)N2CC[C@@H](C(=O)N3CCC(O)(Cn4cnc(Oc5ccc(F)cc5)c(N)c4=O)CC3)[C@H](c3ccccc3)C2)c1. The zero-order chi connectivity index (χ0) is 33.1. The number of hydrogen-bond acceptors (Lipinski definition) is 8. The number of anilines is 1. The number of amides is 2. The number of benzene rings is 2. The van der Waals surface area contributed by atoms with E-state index < -0.39 is 17.0 Å². The molecule has 0 saturated carbocycles. The molecule has 12 heteroatoms. The van der Waals surface area contributed by atoms with Crippen molar-refractivity contribution in [3.63, 3.8) is 0 Å². The molecule has 0 spiro atoms. The van der Waals surface area contributed by atoms with Crippen LogP contribution in [-0.4, -0.2) is 73.0 Å². The number of piperidine rings is 2. The summed E-state index contributed by atoms with van der Waals surface area (Å²) in [4.78, 5) is 52.4. The Balaban J connectivity index is 1.11. The molecule has 2 aromatic heterocycles. The Hall–Kier alpha value is -5.10. The molecule has 0 unspecified atom stereocenters. The van der Waals surface area contributed by atoms with Crippen LogP contribution >= 0.6 is 0 Å². The topological polar surface area (TPSA) is 144 Å². The predicted octanol–water partition coefficient (Wildman–Crippen LogP) is 3.76.